The van der Waals surface area contributed by atoms with Crippen molar-refractivity contribution in [1.29, 1.82) is 0 Å². The van der Waals surface area contributed by atoms with Crippen molar-refractivity contribution in [3.05, 3.63) is 69.6 Å². The highest BCUT2D eigenvalue weighted by molar-refractivity contribution is 6.18. The Morgan fingerprint density at radius 2 is 1.89 bits per heavy atom. The molecule has 1 amide bonds. The number of hydrogen-bond donors (Lipinski definition) is 1. The maximum absolute atomic E-state index is 13.2. The minimum absolute atomic E-state index is 0.159. The molecule has 0 bridgehead atoms. The Kier molecular flexibility index (Phi) is 6.05. The van der Waals surface area contributed by atoms with E-state index in [1.54, 1.807) is 22.8 Å². The van der Waals surface area contributed by atoms with E-state index in [0.717, 1.165) is 16.5 Å². The zero-order chi connectivity index (χ0) is 20.3. The van der Waals surface area contributed by atoms with Crippen LogP contribution in [-0.2, 0) is 0 Å². The number of benzene rings is 2. The third-order valence-electron chi connectivity index (χ3n) is 4.60. The summed E-state index contributed by atoms with van der Waals surface area (Å²) in [6, 6.07) is 10.8. The summed E-state index contributed by atoms with van der Waals surface area (Å²) >= 11 is 5.69. The van der Waals surface area contributed by atoms with Crippen molar-refractivity contribution in [2.45, 2.75) is 20.8 Å². The Labute approximate surface area is 168 Å². The van der Waals surface area contributed by atoms with Gasteiger partial charge >= 0.3 is 0 Å². The van der Waals surface area contributed by atoms with Gasteiger partial charge in [0.15, 0.2) is 0 Å². The predicted molar refractivity (Wildman–Crippen MR) is 113 cm³/mol. The molecule has 3 aromatic rings. The molecule has 0 atom stereocenters. The quantitative estimate of drug-likeness (QED) is 0.639. The fourth-order valence-electron chi connectivity index (χ4n) is 3.19. The third-order valence-corrected chi connectivity index (χ3v) is 4.76. The van der Waals surface area contributed by atoms with Gasteiger partial charge in [0.1, 0.15) is 12.4 Å². The van der Waals surface area contributed by atoms with Crippen LogP contribution in [0.15, 0.2) is 47.4 Å². The Balaban J connectivity index is 2.18. The van der Waals surface area contributed by atoms with Crippen LogP contribution in [0, 0.1) is 13.8 Å². The second-order valence-electron chi connectivity index (χ2n) is 6.59. The number of halogens is 1. The van der Waals surface area contributed by atoms with Crippen molar-refractivity contribution in [3.63, 3.8) is 0 Å². The molecule has 0 aliphatic carbocycles. The monoisotopic (exact) mass is 398 g/mol. The molecule has 2 aromatic carbocycles. The van der Waals surface area contributed by atoms with Crippen molar-refractivity contribution < 1.29 is 9.53 Å². The third kappa shape index (κ3) is 3.90. The van der Waals surface area contributed by atoms with Gasteiger partial charge in [-0.2, -0.15) is 0 Å². The molecule has 0 spiro atoms. The van der Waals surface area contributed by atoms with Crippen molar-refractivity contribution in [1.82, 2.24) is 9.88 Å². The van der Waals surface area contributed by atoms with E-state index in [1.165, 1.54) is 0 Å². The number of alkyl halides is 1. The molecule has 146 valence electrons. The molecule has 28 heavy (non-hydrogen) atoms. The molecule has 0 unspecified atom stereocenters. The van der Waals surface area contributed by atoms with Crippen molar-refractivity contribution >= 4 is 28.3 Å². The Morgan fingerprint density at radius 1 is 1.11 bits per heavy atom. The van der Waals surface area contributed by atoms with Gasteiger partial charge in [-0.15, -0.1) is 11.6 Å². The van der Waals surface area contributed by atoms with Gasteiger partial charge in [0, 0.05) is 18.3 Å². The highest BCUT2D eigenvalue weighted by atomic mass is 35.5. The molecule has 0 saturated heterocycles. The molecule has 5 nitrogen and oxygen atoms in total. The lowest BCUT2D eigenvalue weighted by molar-refractivity contribution is 0.0956. The minimum atomic E-state index is -0.161. The topological polar surface area (TPSA) is 60.3 Å². The number of rotatable bonds is 6. The van der Waals surface area contributed by atoms with Gasteiger partial charge < -0.3 is 10.1 Å². The van der Waals surface area contributed by atoms with Crippen LogP contribution in [-0.4, -0.2) is 29.5 Å². The van der Waals surface area contributed by atoms with Crippen LogP contribution in [0.4, 0.5) is 0 Å². The van der Waals surface area contributed by atoms with E-state index in [4.69, 9.17) is 16.3 Å². The van der Waals surface area contributed by atoms with E-state index in [2.05, 4.69) is 5.32 Å². The number of fused-ring (bicyclic) bond motifs is 1. The predicted octanol–water partition coefficient (Wildman–Crippen LogP) is 3.97. The first kappa shape index (κ1) is 20.0. The highest BCUT2D eigenvalue weighted by Crippen LogP contribution is 2.23. The van der Waals surface area contributed by atoms with E-state index in [1.807, 2.05) is 45.2 Å². The maximum Gasteiger partial charge on any atom is 0.263 e. The second-order valence-corrected chi connectivity index (χ2v) is 6.97. The maximum atomic E-state index is 13.2. The molecule has 1 N–H and O–H groups in total. The van der Waals surface area contributed by atoms with E-state index in [9.17, 15) is 9.59 Å². The van der Waals surface area contributed by atoms with Crippen LogP contribution in [0.2, 0.25) is 0 Å². The summed E-state index contributed by atoms with van der Waals surface area (Å²) in [6.07, 6.45) is 1.81. The van der Waals surface area contributed by atoms with Crippen LogP contribution < -0.4 is 15.6 Å². The Bertz CT molecular complexity index is 1090. The largest absolute Gasteiger partial charge is 0.492 e. The first-order valence-corrected chi connectivity index (χ1v) is 9.73. The van der Waals surface area contributed by atoms with Gasteiger partial charge in [-0.1, -0.05) is 12.1 Å². The first-order valence-electron chi connectivity index (χ1n) is 9.20. The van der Waals surface area contributed by atoms with Crippen molar-refractivity contribution in [2.75, 3.05) is 19.0 Å². The van der Waals surface area contributed by atoms with Crippen LogP contribution >= 0.6 is 11.6 Å². The summed E-state index contributed by atoms with van der Waals surface area (Å²) < 4.78 is 7.17. The number of amides is 1. The second kappa shape index (κ2) is 8.48. The highest BCUT2D eigenvalue weighted by Gasteiger charge is 2.13. The van der Waals surface area contributed by atoms with E-state index < -0.39 is 0 Å². The number of aryl methyl sites for hydroxylation is 2. The Hall–Kier alpha value is -2.79. The normalized spacial score (nSPS) is 10.9. The zero-order valence-corrected chi connectivity index (χ0v) is 17.0. The summed E-state index contributed by atoms with van der Waals surface area (Å²) in [5.74, 6) is 0.823. The fourth-order valence-corrected chi connectivity index (χ4v) is 3.27. The number of hydrogen-bond acceptors (Lipinski definition) is 3. The molecule has 0 radical (unpaired) electrons. The smallest absolute Gasteiger partial charge is 0.263 e. The van der Waals surface area contributed by atoms with E-state index in [0.29, 0.717) is 41.4 Å². The average molecular weight is 399 g/mol. The number of carbonyl (C=O) groups excluding carboxylic acids is 1. The summed E-state index contributed by atoms with van der Waals surface area (Å²) in [7, 11) is 0. The number of carbonyl (C=O) groups is 1. The molecule has 0 fully saturated rings. The number of pyridine rings is 1. The van der Waals surface area contributed by atoms with Crippen molar-refractivity contribution in [2.24, 2.45) is 0 Å². The van der Waals surface area contributed by atoms with Crippen LogP contribution in [0.1, 0.15) is 28.4 Å². The fraction of sp³-hybridized carbons (Fsp3) is 0.273. The van der Waals surface area contributed by atoms with Gasteiger partial charge in [-0.3, -0.25) is 14.2 Å². The number of nitrogens with zero attached hydrogens (tertiary/aromatic N) is 1. The molecule has 0 saturated carbocycles. The summed E-state index contributed by atoms with van der Waals surface area (Å²) in [5.41, 5.74) is 2.91. The van der Waals surface area contributed by atoms with Crippen LogP contribution in [0.25, 0.3) is 16.5 Å². The molecule has 6 heteroatoms. The number of nitrogens with one attached hydrogen (secondary N) is 1. The molecule has 0 aliphatic rings. The van der Waals surface area contributed by atoms with Gasteiger partial charge in [-0.25, -0.2) is 0 Å². The number of aromatic nitrogens is 1. The van der Waals surface area contributed by atoms with Gasteiger partial charge in [-0.05, 0) is 61.5 Å². The lowest BCUT2D eigenvalue weighted by atomic mass is 10.1. The van der Waals surface area contributed by atoms with Gasteiger partial charge in [0.2, 0.25) is 0 Å². The minimum Gasteiger partial charge on any atom is -0.492 e. The van der Waals surface area contributed by atoms with Gasteiger partial charge in [0.05, 0.1) is 17.0 Å². The summed E-state index contributed by atoms with van der Waals surface area (Å²) in [6.45, 7) is 6.67. The lowest BCUT2D eigenvalue weighted by Gasteiger charge is -2.14. The average Bonchev–Trinajstić information content (AvgIpc) is 2.69. The zero-order valence-electron chi connectivity index (χ0n) is 16.2. The molecule has 1 heterocycles. The van der Waals surface area contributed by atoms with Gasteiger partial charge in [0.25, 0.3) is 11.5 Å². The van der Waals surface area contributed by atoms with Crippen LogP contribution in [0.3, 0.4) is 0 Å². The number of ether oxygens (including phenoxy) is 1. The van der Waals surface area contributed by atoms with Crippen LogP contribution in [0.5, 0.6) is 5.75 Å². The molecule has 0 aliphatic heterocycles. The molecular formula is C22H23ClN2O3. The molecule has 1 aromatic heterocycles. The summed E-state index contributed by atoms with van der Waals surface area (Å²) in [4.78, 5) is 25.5. The molecule has 3 rings (SSSR count). The summed E-state index contributed by atoms with van der Waals surface area (Å²) in [5, 5.41) is 4.23. The SMILES string of the molecule is CCNC(=O)c1ccc(C)c(-n2cc(C)c3ccc(OCCCl)cc3c2=O)c1. The van der Waals surface area contributed by atoms with Crippen molar-refractivity contribution in [3.8, 4) is 11.4 Å². The standard InChI is InChI=1S/C22H23ClN2O3/c1-4-24-21(26)16-6-5-14(2)20(11-16)25-13-15(3)18-8-7-17(28-10-9-23)12-19(18)22(25)27/h5-8,11-13H,4,9-10H2,1-3H3,(H,24,26). The lowest BCUT2D eigenvalue weighted by Crippen LogP contribution is -2.24. The Morgan fingerprint density at radius 3 is 2.61 bits per heavy atom. The van der Waals surface area contributed by atoms with E-state index >= 15 is 0 Å². The molecular weight excluding hydrogens is 376 g/mol. The first-order chi connectivity index (χ1) is 13.5. The van der Waals surface area contributed by atoms with E-state index in [-0.39, 0.29) is 11.5 Å².